The van der Waals surface area contributed by atoms with Crippen LogP contribution in [-0.2, 0) is 13.0 Å². The van der Waals surface area contributed by atoms with Crippen molar-refractivity contribution >= 4 is 16.8 Å². The van der Waals surface area contributed by atoms with Gasteiger partial charge in [-0.3, -0.25) is 9.59 Å². The second-order valence-electron chi connectivity index (χ2n) is 5.68. The third kappa shape index (κ3) is 2.92. The SMILES string of the molecule is CCc1nocc1CN(C)C(=O)c1ccc2c(=O)[nH]c(C)nc2c1. The molecular weight excluding hydrogens is 308 g/mol. The van der Waals surface area contributed by atoms with Crippen LogP contribution in [0.4, 0.5) is 0 Å². The maximum atomic E-state index is 12.6. The fraction of sp³-hybridized carbons (Fsp3) is 0.294. The topological polar surface area (TPSA) is 92.1 Å². The second-order valence-corrected chi connectivity index (χ2v) is 5.68. The first kappa shape index (κ1) is 15.9. The molecule has 0 radical (unpaired) electrons. The van der Waals surface area contributed by atoms with E-state index in [2.05, 4.69) is 15.1 Å². The molecule has 0 bridgehead atoms. The van der Waals surface area contributed by atoms with Gasteiger partial charge in [-0.15, -0.1) is 0 Å². The van der Waals surface area contributed by atoms with E-state index < -0.39 is 0 Å². The molecule has 3 rings (SSSR count). The minimum Gasteiger partial charge on any atom is -0.364 e. The van der Waals surface area contributed by atoms with E-state index in [0.29, 0.717) is 28.8 Å². The van der Waals surface area contributed by atoms with Crippen molar-refractivity contribution in [3.8, 4) is 0 Å². The number of rotatable bonds is 4. The Labute approximate surface area is 138 Å². The van der Waals surface area contributed by atoms with Crippen molar-refractivity contribution in [2.24, 2.45) is 0 Å². The van der Waals surface area contributed by atoms with Gasteiger partial charge in [0.1, 0.15) is 12.1 Å². The van der Waals surface area contributed by atoms with E-state index in [0.717, 1.165) is 17.7 Å². The molecule has 1 amide bonds. The van der Waals surface area contributed by atoms with E-state index in [9.17, 15) is 9.59 Å². The number of nitrogens with zero attached hydrogens (tertiary/aromatic N) is 3. The zero-order valence-corrected chi connectivity index (χ0v) is 13.8. The van der Waals surface area contributed by atoms with Crippen molar-refractivity contribution in [1.82, 2.24) is 20.0 Å². The average Bonchev–Trinajstić information content (AvgIpc) is 3.00. The van der Waals surface area contributed by atoms with E-state index in [1.807, 2.05) is 6.92 Å². The number of benzene rings is 1. The maximum Gasteiger partial charge on any atom is 0.258 e. The first-order valence-corrected chi connectivity index (χ1v) is 7.68. The summed E-state index contributed by atoms with van der Waals surface area (Å²) in [5.41, 5.74) is 2.52. The highest BCUT2D eigenvalue weighted by molar-refractivity contribution is 5.97. The molecule has 2 heterocycles. The lowest BCUT2D eigenvalue weighted by Crippen LogP contribution is -2.26. The van der Waals surface area contributed by atoms with Gasteiger partial charge in [0.25, 0.3) is 11.5 Å². The Morgan fingerprint density at radius 2 is 2.17 bits per heavy atom. The minimum atomic E-state index is -0.207. The first-order chi connectivity index (χ1) is 11.5. The van der Waals surface area contributed by atoms with E-state index in [1.54, 1.807) is 43.3 Å². The van der Waals surface area contributed by atoms with Crippen LogP contribution in [0.1, 0.15) is 34.4 Å². The molecule has 0 fully saturated rings. The number of nitrogens with one attached hydrogen (secondary N) is 1. The molecule has 7 heteroatoms. The molecule has 24 heavy (non-hydrogen) atoms. The largest absolute Gasteiger partial charge is 0.364 e. The highest BCUT2D eigenvalue weighted by atomic mass is 16.5. The molecule has 1 N–H and O–H groups in total. The number of carbonyl (C=O) groups excluding carboxylic acids is 1. The van der Waals surface area contributed by atoms with Crippen LogP contribution >= 0.6 is 0 Å². The number of hydrogen-bond donors (Lipinski definition) is 1. The summed E-state index contributed by atoms with van der Waals surface area (Å²) in [6.07, 6.45) is 2.31. The van der Waals surface area contributed by atoms with Crippen LogP contribution in [0.2, 0.25) is 0 Å². The Morgan fingerprint density at radius 3 is 2.92 bits per heavy atom. The first-order valence-electron chi connectivity index (χ1n) is 7.68. The van der Waals surface area contributed by atoms with Gasteiger partial charge in [0, 0.05) is 18.2 Å². The molecule has 0 aliphatic heterocycles. The number of aryl methyl sites for hydroxylation is 2. The van der Waals surface area contributed by atoms with Crippen LogP contribution < -0.4 is 5.56 Å². The van der Waals surface area contributed by atoms with Gasteiger partial charge in [0.15, 0.2) is 0 Å². The van der Waals surface area contributed by atoms with E-state index in [4.69, 9.17) is 4.52 Å². The zero-order chi connectivity index (χ0) is 17.3. The predicted molar refractivity (Wildman–Crippen MR) is 88.8 cm³/mol. The zero-order valence-electron chi connectivity index (χ0n) is 13.8. The number of aromatic nitrogens is 3. The summed E-state index contributed by atoms with van der Waals surface area (Å²) in [5.74, 6) is 0.363. The summed E-state index contributed by atoms with van der Waals surface area (Å²) in [6, 6.07) is 4.91. The van der Waals surface area contributed by atoms with E-state index >= 15 is 0 Å². The number of hydrogen-bond acceptors (Lipinski definition) is 5. The van der Waals surface area contributed by atoms with Gasteiger partial charge in [0.2, 0.25) is 0 Å². The van der Waals surface area contributed by atoms with Gasteiger partial charge in [-0.2, -0.15) is 0 Å². The van der Waals surface area contributed by atoms with Gasteiger partial charge >= 0.3 is 0 Å². The second kappa shape index (κ2) is 6.27. The van der Waals surface area contributed by atoms with Crippen LogP contribution in [0.25, 0.3) is 10.9 Å². The van der Waals surface area contributed by atoms with Crippen molar-refractivity contribution in [3.63, 3.8) is 0 Å². The summed E-state index contributed by atoms with van der Waals surface area (Å²) >= 11 is 0. The third-order valence-electron chi connectivity index (χ3n) is 3.89. The van der Waals surface area contributed by atoms with Crippen molar-refractivity contribution in [2.45, 2.75) is 26.8 Å². The van der Waals surface area contributed by atoms with E-state index in [1.165, 1.54) is 0 Å². The quantitative estimate of drug-likeness (QED) is 0.792. The van der Waals surface area contributed by atoms with Gasteiger partial charge in [-0.25, -0.2) is 4.98 Å². The molecule has 124 valence electrons. The Bertz CT molecular complexity index is 958. The third-order valence-corrected chi connectivity index (χ3v) is 3.89. The number of carbonyl (C=O) groups is 1. The summed E-state index contributed by atoms with van der Waals surface area (Å²) in [4.78, 5) is 33.1. The number of H-pyrrole nitrogens is 1. The van der Waals surface area contributed by atoms with Gasteiger partial charge in [-0.05, 0) is 31.5 Å². The van der Waals surface area contributed by atoms with Crippen molar-refractivity contribution in [1.29, 1.82) is 0 Å². The molecule has 0 saturated carbocycles. The van der Waals surface area contributed by atoms with Crippen LogP contribution in [0.3, 0.4) is 0 Å². The Balaban J connectivity index is 1.89. The number of amides is 1. The maximum absolute atomic E-state index is 12.6. The Hall–Kier alpha value is -2.96. The molecule has 0 aliphatic carbocycles. The molecule has 0 aliphatic rings. The smallest absolute Gasteiger partial charge is 0.258 e. The fourth-order valence-corrected chi connectivity index (χ4v) is 2.64. The normalized spacial score (nSPS) is 11.0. The van der Waals surface area contributed by atoms with Crippen LogP contribution in [0.15, 0.2) is 33.8 Å². The molecule has 0 unspecified atom stereocenters. The molecule has 0 spiro atoms. The predicted octanol–water partition coefficient (Wildman–Crippen LogP) is 2.05. The molecule has 0 saturated heterocycles. The highest BCUT2D eigenvalue weighted by Gasteiger charge is 2.16. The Morgan fingerprint density at radius 1 is 1.38 bits per heavy atom. The fourth-order valence-electron chi connectivity index (χ4n) is 2.64. The highest BCUT2D eigenvalue weighted by Crippen LogP contribution is 2.15. The van der Waals surface area contributed by atoms with Gasteiger partial charge < -0.3 is 14.4 Å². The molecule has 1 aromatic carbocycles. The lowest BCUT2D eigenvalue weighted by atomic mass is 10.1. The molecular formula is C17H18N4O3. The molecule has 3 aromatic rings. The molecule has 0 atom stereocenters. The minimum absolute atomic E-state index is 0.153. The number of fused-ring (bicyclic) bond motifs is 1. The average molecular weight is 326 g/mol. The summed E-state index contributed by atoms with van der Waals surface area (Å²) in [5, 5.41) is 4.38. The van der Waals surface area contributed by atoms with Crippen molar-refractivity contribution < 1.29 is 9.32 Å². The van der Waals surface area contributed by atoms with Crippen LogP contribution in [0, 0.1) is 6.92 Å². The van der Waals surface area contributed by atoms with Crippen molar-refractivity contribution in [2.75, 3.05) is 7.05 Å². The Kier molecular flexibility index (Phi) is 4.16. The summed E-state index contributed by atoms with van der Waals surface area (Å²) < 4.78 is 4.97. The van der Waals surface area contributed by atoms with E-state index in [-0.39, 0.29) is 11.5 Å². The monoisotopic (exact) mass is 326 g/mol. The van der Waals surface area contributed by atoms with Gasteiger partial charge in [-0.1, -0.05) is 12.1 Å². The lowest BCUT2D eigenvalue weighted by Gasteiger charge is -2.17. The van der Waals surface area contributed by atoms with Crippen molar-refractivity contribution in [3.05, 3.63) is 57.5 Å². The van der Waals surface area contributed by atoms with Crippen LogP contribution in [-0.4, -0.2) is 33.0 Å². The molecule has 7 nitrogen and oxygen atoms in total. The van der Waals surface area contributed by atoms with Crippen LogP contribution in [0.5, 0.6) is 0 Å². The summed E-state index contributed by atoms with van der Waals surface area (Å²) in [6.45, 7) is 4.10. The standard InChI is InChI=1S/C17H18N4O3/c1-4-14-12(9-24-20-14)8-21(3)17(23)11-5-6-13-15(7-11)18-10(2)19-16(13)22/h5-7,9H,4,8H2,1-3H3,(H,18,19,22). The van der Waals surface area contributed by atoms with Gasteiger partial charge in [0.05, 0.1) is 23.1 Å². The summed E-state index contributed by atoms with van der Waals surface area (Å²) in [7, 11) is 1.72. The molecule has 2 aromatic heterocycles. The number of aromatic amines is 1. The lowest BCUT2D eigenvalue weighted by molar-refractivity contribution is 0.0785.